The van der Waals surface area contributed by atoms with Crippen LogP contribution in [0.5, 0.6) is 11.5 Å². The van der Waals surface area contributed by atoms with Gasteiger partial charge in [-0.15, -0.1) is 0 Å². The molecule has 0 saturated carbocycles. The largest absolute Gasteiger partial charge is 0.508 e. The van der Waals surface area contributed by atoms with E-state index in [1.807, 2.05) is 13.0 Å². The molecular formula is C10H13NO2. The zero-order valence-corrected chi connectivity index (χ0v) is 7.58. The van der Waals surface area contributed by atoms with Crippen molar-refractivity contribution in [2.24, 2.45) is 0 Å². The highest BCUT2D eigenvalue weighted by Crippen LogP contribution is 2.23. The summed E-state index contributed by atoms with van der Waals surface area (Å²) in [6, 6.07) is 5.17. The van der Waals surface area contributed by atoms with Crippen LogP contribution in [-0.2, 0) is 0 Å². The number of rotatable bonds is 2. The molecule has 1 aromatic carbocycles. The van der Waals surface area contributed by atoms with Gasteiger partial charge in [0.25, 0.3) is 0 Å². The Kier molecular flexibility index (Phi) is 2.10. The first-order valence-corrected chi connectivity index (χ1v) is 4.43. The van der Waals surface area contributed by atoms with E-state index in [-0.39, 0.29) is 5.75 Å². The number of ether oxygens (including phenoxy) is 1. The minimum absolute atomic E-state index is 0.289. The third-order valence-corrected chi connectivity index (χ3v) is 2.20. The molecule has 0 aromatic heterocycles. The van der Waals surface area contributed by atoms with E-state index in [1.54, 1.807) is 12.1 Å². The average Bonchev–Trinajstić information content (AvgIpc) is 1.99. The standard InChI is InChI=1S/C10H13NO2/c1-7-4-8(12)2-3-10(7)13-9-5-11-6-9/h2-4,9,11-12H,5-6H2,1H3. The number of aromatic hydroxyl groups is 1. The fourth-order valence-electron chi connectivity index (χ4n) is 1.29. The number of aryl methyl sites for hydroxylation is 1. The number of hydrogen-bond donors (Lipinski definition) is 2. The van der Waals surface area contributed by atoms with Crippen molar-refractivity contribution in [3.8, 4) is 11.5 Å². The van der Waals surface area contributed by atoms with Crippen molar-refractivity contribution in [2.45, 2.75) is 13.0 Å². The van der Waals surface area contributed by atoms with Crippen LogP contribution in [0, 0.1) is 6.92 Å². The molecule has 0 bridgehead atoms. The summed E-state index contributed by atoms with van der Waals surface area (Å²) in [5, 5.41) is 12.3. The predicted molar refractivity (Wildman–Crippen MR) is 50.1 cm³/mol. The maximum atomic E-state index is 9.17. The average molecular weight is 179 g/mol. The lowest BCUT2D eigenvalue weighted by Crippen LogP contribution is -2.50. The molecule has 0 aliphatic carbocycles. The minimum Gasteiger partial charge on any atom is -0.508 e. The second kappa shape index (κ2) is 3.26. The summed E-state index contributed by atoms with van der Waals surface area (Å²) in [4.78, 5) is 0. The van der Waals surface area contributed by atoms with Crippen molar-refractivity contribution in [3.05, 3.63) is 23.8 Å². The maximum Gasteiger partial charge on any atom is 0.123 e. The van der Waals surface area contributed by atoms with Crippen molar-refractivity contribution in [3.63, 3.8) is 0 Å². The third-order valence-electron chi connectivity index (χ3n) is 2.20. The number of phenols is 1. The van der Waals surface area contributed by atoms with Crippen LogP contribution >= 0.6 is 0 Å². The Bertz CT molecular complexity index is 308. The summed E-state index contributed by atoms with van der Waals surface area (Å²) in [5.74, 6) is 1.15. The van der Waals surface area contributed by atoms with Crippen LogP contribution in [0.2, 0.25) is 0 Å². The van der Waals surface area contributed by atoms with Crippen LogP contribution in [0.1, 0.15) is 5.56 Å². The van der Waals surface area contributed by atoms with Gasteiger partial charge in [0.1, 0.15) is 17.6 Å². The van der Waals surface area contributed by atoms with Crippen LogP contribution in [0.25, 0.3) is 0 Å². The maximum absolute atomic E-state index is 9.17. The molecule has 1 fully saturated rings. The molecule has 0 unspecified atom stereocenters. The molecule has 0 radical (unpaired) electrons. The molecule has 2 N–H and O–H groups in total. The molecule has 3 heteroatoms. The van der Waals surface area contributed by atoms with E-state index in [9.17, 15) is 5.11 Å². The van der Waals surface area contributed by atoms with Gasteiger partial charge in [0.05, 0.1) is 0 Å². The van der Waals surface area contributed by atoms with E-state index >= 15 is 0 Å². The first-order valence-electron chi connectivity index (χ1n) is 4.43. The molecule has 70 valence electrons. The lowest BCUT2D eigenvalue weighted by Gasteiger charge is -2.28. The second-order valence-corrected chi connectivity index (χ2v) is 3.35. The summed E-state index contributed by atoms with van der Waals surface area (Å²) < 4.78 is 5.66. The SMILES string of the molecule is Cc1cc(O)ccc1OC1CNC1. The van der Waals surface area contributed by atoms with Gasteiger partial charge in [-0.2, -0.15) is 0 Å². The number of hydrogen-bond acceptors (Lipinski definition) is 3. The monoisotopic (exact) mass is 179 g/mol. The van der Waals surface area contributed by atoms with E-state index in [4.69, 9.17) is 4.74 Å². The number of benzene rings is 1. The van der Waals surface area contributed by atoms with Crippen molar-refractivity contribution in [1.82, 2.24) is 5.32 Å². The fraction of sp³-hybridized carbons (Fsp3) is 0.400. The molecule has 1 heterocycles. The van der Waals surface area contributed by atoms with Gasteiger partial charge >= 0.3 is 0 Å². The molecule has 13 heavy (non-hydrogen) atoms. The molecule has 0 atom stereocenters. The van der Waals surface area contributed by atoms with Gasteiger partial charge in [0, 0.05) is 13.1 Å². The Labute approximate surface area is 77.3 Å². The predicted octanol–water partition coefficient (Wildman–Crippen LogP) is 1.05. The van der Waals surface area contributed by atoms with Gasteiger partial charge < -0.3 is 15.2 Å². The minimum atomic E-state index is 0.289. The lowest BCUT2D eigenvalue weighted by atomic mass is 10.2. The van der Waals surface area contributed by atoms with E-state index in [0.717, 1.165) is 24.4 Å². The summed E-state index contributed by atoms with van der Waals surface area (Å²) in [6.45, 7) is 3.77. The molecule has 0 spiro atoms. The highest BCUT2D eigenvalue weighted by molar-refractivity contribution is 5.38. The Morgan fingerprint density at radius 3 is 2.77 bits per heavy atom. The molecule has 2 rings (SSSR count). The Morgan fingerprint density at radius 2 is 2.23 bits per heavy atom. The molecule has 1 aromatic rings. The third kappa shape index (κ3) is 1.75. The summed E-state index contributed by atoms with van der Waals surface area (Å²) in [7, 11) is 0. The highest BCUT2D eigenvalue weighted by atomic mass is 16.5. The van der Waals surface area contributed by atoms with Gasteiger partial charge in [-0.05, 0) is 30.7 Å². The lowest BCUT2D eigenvalue weighted by molar-refractivity contribution is 0.141. The topological polar surface area (TPSA) is 41.5 Å². The van der Waals surface area contributed by atoms with Gasteiger partial charge in [0.2, 0.25) is 0 Å². The van der Waals surface area contributed by atoms with Crippen molar-refractivity contribution >= 4 is 0 Å². The zero-order chi connectivity index (χ0) is 9.26. The zero-order valence-electron chi connectivity index (χ0n) is 7.58. The first-order chi connectivity index (χ1) is 6.25. The molecule has 1 aliphatic rings. The summed E-state index contributed by atoms with van der Waals surface area (Å²) in [5.41, 5.74) is 0.979. The Morgan fingerprint density at radius 1 is 1.46 bits per heavy atom. The first kappa shape index (κ1) is 8.38. The van der Waals surface area contributed by atoms with Gasteiger partial charge in [-0.1, -0.05) is 0 Å². The Hall–Kier alpha value is -1.22. The molecule has 3 nitrogen and oxygen atoms in total. The number of phenolic OH excluding ortho intramolecular Hbond substituents is 1. The van der Waals surface area contributed by atoms with Crippen molar-refractivity contribution in [2.75, 3.05) is 13.1 Å². The summed E-state index contributed by atoms with van der Waals surface area (Å²) in [6.07, 6.45) is 0.295. The molecule has 1 aliphatic heterocycles. The highest BCUT2D eigenvalue weighted by Gasteiger charge is 2.18. The smallest absolute Gasteiger partial charge is 0.123 e. The van der Waals surface area contributed by atoms with Crippen LogP contribution in [0.4, 0.5) is 0 Å². The molecule has 0 amide bonds. The molecular weight excluding hydrogens is 166 g/mol. The van der Waals surface area contributed by atoms with E-state index in [0.29, 0.717) is 6.10 Å². The van der Waals surface area contributed by atoms with Gasteiger partial charge in [-0.25, -0.2) is 0 Å². The summed E-state index contributed by atoms with van der Waals surface area (Å²) >= 11 is 0. The van der Waals surface area contributed by atoms with Crippen molar-refractivity contribution < 1.29 is 9.84 Å². The van der Waals surface area contributed by atoms with Crippen LogP contribution in [-0.4, -0.2) is 24.3 Å². The number of nitrogens with one attached hydrogen (secondary N) is 1. The Balaban J connectivity index is 2.10. The quantitative estimate of drug-likeness (QED) is 0.713. The molecule has 1 saturated heterocycles. The normalized spacial score (nSPS) is 16.7. The van der Waals surface area contributed by atoms with Gasteiger partial charge in [0.15, 0.2) is 0 Å². The van der Waals surface area contributed by atoms with Crippen LogP contribution in [0.3, 0.4) is 0 Å². The van der Waals surface area contributed by atoms with E-state index in [1.165, 1.54) is 0 Å². The van der Waals surface area contributed by atoms with Crippen LogP contribution in [0.15, 0.2) is 18.2 Å². The van der Waals surface area contributed by atoms with E-state index < -0.39 is 0 Å². The van der Waals surface area contributed by atoms with Crippen molar-refractivity contribution in [1.29, 1.82) is 0 Å². The fourth-order valence-corrected chi connectivity index (χ4v) is 1.29. The van der Waals surface area contributed by atoms with Gasteiger partial charge in [-0.3, -0.25) is 0 Å². The van der Waals surface area contributed by atoms with E-state index in [2.05, 4.69) is 5.32 Å². The second-order valence-electron chi connectivity index (χ2n) is 3.35. The van der Waals surface area contributed by atoms with Crippen LogP contribution < -0.4 is 10.1 Å².